The van der Waals surface area contributed by atoms with Gasteiger partial charge in [0.15, 0.2) is 5.78 Å². The standard InChI is InChI=1S/C16H20O3/c1-2-11-19-16(18)10-9-15(17)14-7-5-13(6-8-14)12-3-4-12/h5-8,12H,2-4,9-11H2,1H3. The molecule has 0 atom stereocenters. The Morgan fingerprint density at radius 2 is 1.84 bits per heavy atom. The summed E-state index contributed by atoms with van der Waals surface area (Å²) in [6.45, 7) is 2.38. The van der Waals surface area contributed by atoms with Crippen LogP contribution in [0.2, 0.25) is 0 Å². The van der Waals surface area contributed by atoms with Crippen molar-refractivity contribution in [2.24, 2.45) is 0 Å². The second-order valence-corrected chi connectivity index (χ2v) is 5.04. The van der Waals surface area contributed by atoms with Crippen LogP contribution in [0.5, 0.6) is 0 Å². The van der Waals surface area contributed by atoms with Gasteiger partial charge in [0, 0.05) is 12.0 Å². The average Bonchev–Trinajstić information content (AvgIpc) is 3.27. The molecule has 1 aliphatic rings. The summed E-state index contributed by atoms with van der Waals surface area (Å²) in [4.78, 5) is 23.2. The Labute approximate surface area is 114 Å². The summed E-state index contributed by atoms with van der Waals surface area (Å²) < 4.78 is 4.95. The van der Waals surface area contributed by atoms with Crippen molar-refractivity contribution < 1.29 is 14.3 Å². The fourth-order valence-electron chi connectivity index (χ4n) is 2.01. The van der Waals surface area contributed by atoms with E-state index in [-0.39, 0.29) is 24.6 Å². The summed E-state index contributed by atoms with van der Waals surface area (Å²) in [5.74, 6) is 0.425. The lowest BCUT2D eigenvalue weighted by atomic mass is 10.0. The number of carbonyl (C=O) groups excluding carboxylic acids is 2. The second-order valence-electron chi connectivity index (χ2n) is 5.04. The predicted octanol–water partition coefficient (Wildman–Crippen LogP) is 3.48. The SMILES string of the molecule is CCCOC(=O)CCC(=O)c1ccc(C2CC2)cc1. The Morgan fingerprint density at radius 1 is 1.16 bits per heavy atom. The summed E-state index contributed by atoms with van der Waals surface area (Å²) in [7, 11) is 0. The molecule has 0 radical (unpaired) electrons. The number of Topliss-reactive ketones (excluding diaryl/α,β-unsaturated/α-hetero) is 1. The van der Waals surface area contributed by atoms with Crippen molar-refractivity contribution in [3.63, 3.8) is 0 Å². The predicted molar refractivity (Wildman–Crippen MR) is 73.2 cm³/mol. The third-order valence-corrected chi connectivity index (χ3v) is 3.30. The lowest BCUT2D eigenvalue weighted by molar-refractivity contribution is -0.143. The first-order chi connectivity index (χ1) is 9.20. The molecule has 1 aromatic rings. The Balaban J connectivity index is 1.80. The van der Waals surface area contributed by atoms with Gasteiger partial charge >= 0.3 is 5.97 Å². The molecule has 1 saturated carbocycles. The average molecular weight is 260 g/mol. The summed E-state index contributed by atoms with van der Waals surface area (Å²) >= 11 is 0. The van der Waals surface area contributed by atoms with Crippen molar-refractivity contribution in [1.29, 1.82) is 0 Å². The van der Waals surface area contributed by atoms with Gasteiger partial charge in [0.05, 0.1) is 13.0 Å². The number of carbonyl (C=O) groups is 2. The minimum atomic E-state index is -0.287. The highest BCUT2D eigenvalue weighted by atomic mass is 16.5. The highest BCUT2D eigenvalue weighted by molar-refractivity contribution is 5.97. The van der Waals surface area contributed by atoms with Gasteiger partial charge in [-0.2, -0.15) is 0 Å². The largest absolute Gasteiger partial charge is 0.466 e. The van der Waals surface area contributed by atoms with E-state index in [1.807, 2.05) is 31.2 Å². The van der Waals surface area contributed by atoms with Crippen LogP contribution in [0.3, 0.4) is 0 Å². The van der Waals surface area contributed by atoms with Crippen molar-refractivity contribution in [1.82, 2.24) is 0 Å². The van der Waals surface area contributed by atoms with E-state index in [0.29, 0.717) is 18.1 Å². The molecule has 0 heterocycles. The van der Waals surface area contributed by atoms with Gasteiger partial charge in [0.25, 0.3) is 0 Å². The molecule has 0 spiro atoms. The molecule has 3 nitrogen and oxygen atoms in total. The molecule has 0 saturated heterocycles. The number of benzene rings is 1. The maximum Gasteiger partial charge on any atom is 0.306 e. The van der Waals surface area contributed by atoms with Gasteiger partial charge < -0.3 is 4.74 Å². The summed E-state index contributed by atoms with van der Waals surface area (Å²) in [6.07, 6.45) is 3.73. The lowest BCUT2D eigenvalue weighted by Crippen LogP contribution is -2.08. The van der Waals surface area contributed by atoms with Crippen LogP contribution in [0, 0.1) is 0 Å². The zero-order valence-corrected chi connectivity index (χ0v) is 11.4. The molecule has 3 heteroatoms. The molecule has 102 valence electrons. The van der Waals surface area contributed by atoms with Gasteiger partial charge in [-0.15, -0.1) is 0 Å². The van der Waals surface area contributed by atoms with E-state index in [1.165, 1.54) is 18.4 Å². The molecule has 0 aliphatic heterocycles. The van der Waals surface area contributed by atoms with Gasteiger partial charge in [-0.3, -0.25) is 9.59 Å². The molecule has 0 N–H and O–H groups in total. The van der Waals surface area contributed by atoms with Crippen LogP contribution in [-0.2, 0) is 9.53 Å². The first-order valence-corrected chi connectivity index (χ1v) is 6.99. The minimum Gasteiger partial charge on any atom is -0.466 e. The van der Waals surface area contributed by atoms with Crippen LogP contribution in [0.25, 0.3) is 0 Å². The third-order valence-electron chi connectivity index (χ3n) is 3.30. The van der Waals surface area contributed by atoms with Crippen LogP contribution >= 0.6 is 0 Å². The van der Waals surface area contributed by atoms with Crippen LogP contribution in [-0.4, -0.2) is 18.4 Å². The Hall–Kier alpha value is -1.64. The molecule has 1 aromatic carbocycles. The van der Waals surface area contributed by atoms with Crippen molar-refractivity contribution in [2.75, 3.05) is 6.61 Å². The molecule has 2 rings (SSSR count). The van der Waals surface area contributed by atoms with E-state index in [1.54, 1.807) is 0 Å². The molecule has 0 aromatic heterocycles. The number of rotatable bonds is 7. The zero-order valence-electron chi connectivity index (χ0n) is 11.4. The lowest BCUT2D eigenvalue weighted by Gasteiger charge is -2.04. The van der Waals surface area contributed by atoms with Gasteiger partial charge in [-0.1, -0.05) is 31.2 Å². The smallest absolute Gasteiger partial charge is 0.306 e. The van der Waals surface area contributed by atoms with Gasteiger partial charge in [-0.25, -0.2) is 0 Å². The fraction of sp³-hybridized carbons (Fsp3) is 0.500. The van der Waals surface area contributed by atoms with Crippen LogP contribution < -0.4 is 0 Å². The minimum absolute atomic E-state index is 0.01000. The number of ether oxygens (including phenoxy) is 1. The van der Waals surface area contributed by atoms with Crippen LogP contribution in [0.1, 0.15) is 60.9 Å². The fourth-order valence-corrected chi connectivity index (χ4v) is 2.01. The summed E-state index contributed by atoms with van der Waals surface area (Å²) in [6, 6.07) is 7.79. The third kappa shape index (κ3) is 4.19. The van der Waals surface area contributed by atoms with E-state index in [4.69, 9.17) is 4.74 Å². The quantitative estimate of drug-likeness (QED) is 0.557. The van der Waals surface area contributed by atoms with Crippen molar-refractivity contribution >= 4 is 11.8 Å². The maximum atomic E-state index is 11.9. The monoisotopic (exact) mass is 260 g/mol. The van der Waals surface area contributed by atoms with Gasteiger partial charge in [0.1, 0.15) is 0 Å². The number of hydrogen-bond donors (Lipinski definition) is 0. The molecule has 1 fully saturated rings. The molecule has 1 aliphatic carbocycles. The molecule has 19 heavy (non-hydrogen) atoms. The second kappa shape index (κ2) is 6.50. The maximum absolute atomic E-state index is 11.9. The topological polar surface area (TPSA) is 43.4 Å². The number of esters is 1. The van der Waals surface area contributed by atoms with Crippen LogP contribution in [0.15, 0.2) is 24.3 Å². The van der Waals surface area contributed by atoms with Gasteiger partial charge in [-0.05, 0) is 30.7 Å². The first kappa shape index (κ1) is 13.8. The summed E-state index contributed by atoms with van der Waals surface area (Å²) in [5, 5.41) is 0. The summed E-state index contributed by atoms with van der Waals surface area (Å²) in [5.41, 5.74) is 2.01. The number of ketones is 1. The highest BCUT2D eigenvalue weighted by Crippen LogP contribution is 2.39. The molecular weight excluding hydrogens is 240 g/mol. The van der Waals surface area contributed by atoms with Crippen LogP contribution in [0.4, 0.5) is 0 Å². The zero-order chi connectivity index (χ0) is 13.7. The van der Waals surface area contributed by atoms with Crippen molar-refractivity contribution in [3.8, 4) is 0 Å². The van der Waals surface area contributed by atoms with E-state index in [9.17, 15) is 9.59 Å². The molecule has 0 unspecified atom stereocenters. The van der Waals surface area contributed by atoms with Crippen molar-refractivity contribution in [2.45, 2.75) is 44.9 Å². The Kier molecular flexibility index (Phi) is 4.72. The van der Waals surface area contributed by atoms with E-state index in [2.05, 4.69) is 0 Å². The van der Waals surface area contributed by atoms with E-state index in [0.717, 1.165) is 6.42 Å². The van der Waals surface area contributed by atoms with E-state index >= 15 is 0 Å². The van der Waals surface area contributed by atoms with Crippen molar-refractivity contribution in [3.05, 3.63) is 35.4 Å². The Bertz CT molecular complexity index is 444. The molecule has 0 amide bonds. The Morgan fingerprint density at radius 3 is 2.42 bits per heavy atom. The molecule has 0 bridgehead atoms. The first-order valence-electron chi connectivity index (χ1n) is 6.99. The molecular formula is C16H20O3. The number of hydrogen-bond acceptors (Lipinski definition) is 3. The van der Waals surface area contributed by atoms with E-state index < -0.39 is 0 Å². The highest BCUT2D eigenvalue weighted by Gasteiger charge is 2.23. The normalized spacial score (nSPS) is 14.2. The van der Waals surface area contributed by atoms with Gasteiger partial charge in [0.2, 0.25) is 0 Å².